The Balaban J connectivity index is 0.000000150. The molecular formula is C62H86N8O4. The summed E-state index contributed by atoms with van der Waals surface area (Å²) in [6.45, 7) is 7.28. The molecule has 6 aliphatic heterocycles. The molecule has 9 aliphatic rings. The number of para-hydroxylation sites is 4. The zero-order valence-electron chi connectivity index (χ0n) is 44.7. The Morgan fingerprint density at radius 3 is 1.45 bits per heavy atom. The highest BCUT2D eigenvalue weighted by Gasteiger charge is 2.47. The van der Waals surface area contributed by atoms with Gasteiger partial charge in [-0.15, -0.1) is 0 Å². The van der Waals surface area contributed by atoms with Crippen LogP contribution in [0.5, 0.6) is 0 Å². The van der Waals surface area contributed by atoms with Crippen LogP contribution in [0.1, 0.15) is 192 Å². The highest BCUT2D eigenvalue weighted by atomic mass is 16.3. The number of fused-ring (bicyclic) bond motifs is 8. The standard InChI is InChI=1S/C31H42N4O2.C31H44N4O2/c1-20(36)28-13-14-33(28)30-31(37)35(29-12-5-4-11-27(29)32-30)26-18-23-9-6-10-24(19-26)34(23)25-16-21-7-2-3-8-22(15-21)17-25;1-22(36)23-20-33(21-23)30-31(37)35(29-17-10-9-16-28(29)32-30)27-18-25-14-11-15-26(19-27)34(25)24-12-7-5-3-2-4-6-8-13-24/h4-5,11-12,21-26,28H,2-3,6-10,13-19H2,1H3;9-10,16-17,23-27,36H,1-8,11-15,18-21H2. The third kappa shape index (κ3) is 9.90. The van der Waals surface area contributed by atoms with Crippen LogP contribution in [0, 0.1) is 17.8 Å². The first-order valence-corrected chi connectivity index (χ1v) is 30.1. The van der Waals surface area contributed by atoms with Crippen LogP contribution in [0.4, 0.5) is 11.6 Å². The van der Waals surface area contributed by atoms with Crippen LogP contribution in [-0.4, -0.2) is 102 Å². The number of carbonyl (C=O) groups excluding carboxylic acids is 1. The van der Waals surface area contributed by atoms with E-state index in [0.717, 1.165) is 84.6 Å². The number of anilines is 2. The molecule has 3 saturated carbocycles. The SMILES string of the molecule is C=C(O)C1CN(c2nc3ccccc3n(C3CC4CCCC(C3)N4C3CCCCCCCCC3)c2=O)C1.CC(=O)C1CCN1c1nc2ccccc2n(C2CC3CCCC(C2)N3C2CC3CCCCC(C3)C2)c1=O. The number of aliphatic hydroxyl groups excluding tert-OH is 1. The fraction of sp³-hybridized carbons (Fsp3) is 0.694. The van der Waals surface area contributed by atoms with Crippen molar-refractivity contribution >= 4 is 39.5 Å². The largest absolute Gasteiger partial charge is 0.513 e. The van der Waals surface area contributed by atoms with Crippen LogP contribution in [0.15, 0.2) is 70.5 Å². The van der Waals surface area contributed by atoms with Gasteiger partial charge in [0.05, 0.1) is 39.8 Å². The van der Waals surface area contributed by atoms with Crippen LogP contribution in [0.3, 0.4) is 0 Å². The number of aromatic nitrogens is 4. The molecule has 6 saturated heterocycles. The zero-order chi connectivity index (χ0) is 50.5. The third-order valence-corrected chi connectivity index (χ3v) is 20.5. The van der Waals surface area contributed by atoms with Crippen molar-refractivity contribution in [3.05, 3.63) is 81.6 Å². The minimum atomic E-state index is -0.203. The molecule has 1 N–H and O–H groups in total. The number of piperidine rings is 4. The Hall–Kier alpha value is -4.55. The average Bonchev–Trinajstić information content (AvgIpc) is 3.54. The molecule has 3 aliphatic carbocycles. The highest BCUT2D eigenvalue weighted by molar-refractivity contribution is 5.87. The number of hydrogen-bond acceptors (Lipinski definition) is 10. The van der Waals surface area contributed by atoms with Crippen molar-refractivity contribution in [1.29, 1.82) is 0 Å². The summed E-state index contributed by atoms with van der Waals surface area (Å²) in [5.74, 6) is 3.25. The zero-order valence-corrected chi connectivity index (χ0v) is 44.7. The number of ketones is 1. The van der Waals surface area contributed by atoms with E-state index in [9.17, 15) is 19.5 Å². The van der Waals surface area contributed by atoms with Gasteiger partial charge in [0.15, 0.2) is 17.4 Å². The molecule has 8 heterocycles. The Morgan fingerprint density at radius 1 is 0.514 bits per heavy atom. The van der Waals surface area contributed by atoms with Crippen molar-refractivity contribution < 1.29 is 9.90 Å². The maximum Gasteiger partial charge on any atom is 0.294 e. The molecule has 74 heavy (non-hydrogen) atoms. The van der Waals surface area contributed by atoms with Gasteiger partial charge >= 0.3 is 0 Å². The first-order valence-electron chi connectivity index (χ1n) is 30.1. The molecule has 9 fully saturated rings. The number of rotatable bonds is 8. The van der Waals surface area contributed by atoms with Crippen molar-refractivity contribution in [2.75, 3.05) is 29.4 Å². The predicted octanol–water partition coefficient (Wildman–Crippen LogP) is 11.8. The summed E-state index contributed by atoms with van der Waals surface area (Å²) in [7, 11) is 0. The topological polar surface area (TPSA) is 120 Å². The van der Waals surface area contributed by atoms with Gasteiger partial charge in [0.25, 0.3) is 11.1 Å². The van der Waals surface area contributed by atoms with Gasteiger partial charge < -0.3 is 24.0 Å². The summed E-state index contributed by atoms with van der Waals surface area (Å²) in [6.07, 6.45) is 35.3. The van der Waals surface area contributed by atoms with E-state index >= 15 is 0 Å². The fourth-order valence-corrected chi connectivity index (χ4v) is 16.9. The molecule has 2 aromatic heterocycles. The van der Waals surface area contributed by atoms with Gasteiger partial charge in [0, 0.05) is 68.0 Å². The molecule has 2 aromatic carbocycles. The molecule has 0 amide bonds. The molecule has 0 radical (unpaired) electrons. The Morgan fingerprint density at radius 2 is 0.959 bits per heavy atom. The molecule has 13 rings (SSSR count). The van der Waals surface area contributed by atoms with Crippen molar-refractivity contribution in [3.8, 4) is 0 Å². The average molecular weight is 1010 g/mol. The van der Waals surface area contributed by atoms with Crippen molar-refractivity contribution in [1.82, 2.24) is 28.9 Å². The molecule has 12 nitrogen and oxygen atoms in total. The van der Waals surface area contributed by atoms with Crippen LogP contribution < -0.4 is 20.9 Å². The van der Waals surface area contributed by atoms with E-state index in [2.05, 4.69) is 37.6 Å². The Bertz CT molecular complexity index is 2730. The molecule has 12 heteroatoms. The lowest BCUT2D eigenvalue weighted by Gasteiger charge is -2.54. The molecule has 7 atom stereocenters. The predicted molar refractivity (Wildman–Crippen MR) is 297 cm³/mol. The molecule has 4 aromatic rings. The summed E-state index contributed by atoms with van der Waals surface area (Å²) in [5, 5.41) is 9.79. The second kappa shape index (κ2) is 21.8. The van der Waals surface area contributed by atoms with Gasteiger partial charge in [0.1, 0.15) is 0 Å². The molecule has 7 unspecified atom stereocenters. The second-order valence-electron chi connectivity index (χ2n) is 25.1. The highest BCUT2D eigenvalue weighted by Crippen LogP contribution is 2.48. The summed E-state index contributed by atoms with van der Waals surface area (Å²) >= 11 is 0. The van der Waals surface area contributed by atoms with E-state index in [0.29, 0.717) is 48.9 Å². The lowest BCUT2D eigenvalue weighted by atomic mass is 9.73. The van der Waals surface area contributed by atoms with Crippen LogP contribution in [0.25, 0.3) is 22.1 Å². The summed E-state index contributed by atoms with van der Waals surface area (Å²) in [6, 6.07) is 20.3. The minimum Gasteiger partial charge on any atom is -0.513 e. The number of carbonyl (C=O) groups is 1. The molecular weight excluding hydrogens is 921 g/mol. The smallest absolute Gasteiger partial charge is 0.294 e. The molecule has 6 bridgehead atoms. The van der Waals surface area contributed by atoms with Crippen LogP contribution in [0.2, 0.25) is 0 Å². The lowest BCUT2D eigenvalue weighted by molar-refractivity contribution is -0.119. The van der Waals surface area contributed by atoms with E-state index in [1.54, 1.807) is 6.92 Å². The first kappa shape index (κ1) is 50.3. The van der Waals surface area contributed by atoms with E-state index in [-0.39, 0.29) is 46.7 Å². The lowest BCUT2D eigenvalue weighted by Crippen LogP contribution is -2.59. The van der Waals surface area contributed by atoms with Gasteiger partial charge in [-0.1, -0.05) is 114 Å². The maximum atomic E-state index is 14.1. The monoisotopic (exact) mass is 1010 g/mol. The summed E-state index contributed by atoms with van der Waals surface area (Å²) < 4.78 is 4.20. The number of hydrogen-bond donors (Lipinski definition) is 1. The molecule has 0 spiro atoms. The van der Waals surface area contributed by atoms with Gasteiger partial charge in [-0.25, -0.2) is 9.97 Å². The first-order chi connectivity index (χ1) is 36.2. The third-order valence-electron chi connectivity index (χ3n) is 20.5. The van der Waals surface area contributed by atoms with E-state index in [1.165, 1.54) is 141 Å². The van der Waals surface area contributed by atoms with Gasteiger partial charge in [0.2, 0.25) is 0 Å². The summed E-state index contributed by atoms with van der Waals surface area (Å²) in [5.41, 5.74) is 3.73. The van der Waals surface area contributed by atoms with E-state index in [1.807, 2.05) is 46.2 Å². The van der Waals surface area contributed by atoms with E-state index in [4.69, 9.17) is 9.97 Å². The van der Waals surface area contributed by atoms with Crippen LogP contribution >= 0.6 is 0 Å². The number of benzene rings is 2. The van der Waals surface area contributed by atoms with Crippen molar-refractivity contribution in [2.45, 2.75) is 235 Å². The Kier molecular flexibility index (Phi) is 14.8. The number of Topliss-reactive ketones (excluding diaryl/α,β-unsaturated/α-hetero) is 1. The Labute approximate surface area is 440 Å². The van der Waals surface area contributed by atoms with Gasteiger partial charge in [-0.3, -0.25) is 24.2 Å². The normalized spacial score (nSPS) is 32.4. The number of nitrogens with zero attached hydrogens (tertiary/aromatic N) is 8. The van der Waals surface area contributed by atoms with E-state index < -0.39 is 0 Å². The second-order valence-corrected chi connectivity index (χ2v) is 25.1. The quantitative estimate of drug-likeness (QED) is 0.171. The summed E-state index contributed by atoms with van der Waals surface area (Å²) in [4.78, 5) is 59.8. The van der Waals surface area contributed by atoms with Crippen LogP contribution in [-0.2, 0) is 4.79 Å². The van der Waals surface area contributed by atoms with Crippen molar-refractivity contribution in [2.24, 2.45) is 17.8 Å². The van der Waals surface area contributed by atoms with Gasteiger partial charge in [-0.2, -0.15) is 0 Å². The number of aliphatic hydroxyl groups is 1. The maximum absolute atomic E-state index is 14.1. The van der Waals surface area contributed by atoms with Gasteiger partial charge in [-0.05, 0) is 133 Å². The fourth-order valence-electron chi connectivity index (χ4n) is 16.9. The van der Waals surface area contributed by atoms with Crippen molar-refractivity contribution in [3.63, 3.8) is 0 Å². The minimum absolute atomic E-state index is 0.00450. The molecule has 398 valence electrons.